The van der Waals surface area contributed by atoms with E-state index in [9.17, 15) is 9.90 Å². The molecule has 0 saturated heterocycles. The molecular formula is C14H16N2O3S. The van der Waals surface area contributed by atoms with E-state index in [0.29, 0.717) is 10.6 Å². The van der Waals surface area contributed by atoms with Gasteiger partial charge in [0.05, 0.1) is 17.6 Å². The monoisotopic (exact) mass is 292 g/mol. The molecule has 0 radical (unpaired) electrons. The number of rotatable bonds is 6. The Morgan fingerprint density at radius 1 is 1.25 bits per heavy atom. The van der Waals surface area contributed by atoms with Crippen molar-refractivity contribution in [3.63, 3.8) is 0 Å². The molecule has 1 heterocycles. The van der Waals surface area contributed by atoms with Crippen molar-refractivity contribution in [1.82, 2.24) is 0 Å². The Balaban J connectivity index is 1.97. The minimum Gasteiger partial charge on any atom is -0.394 e. The third kappa shape index (κ3) is 4.06. The molecule has 0 fully saturated rings. The van der Waals surface area contributed by atoms with Gasteiger partial charge in [-0.1, -0.05) is 12.1 Å². The van der Waals surface area contributed by atoms with Gasteiger partial charge in [-0.2, -0.15) is 0 Å². The summed E-state index contributed by atoms with van der Waals surface area (Å²) in [5, 5.41) is 25.7. The van der Waals surface area contributed by atoms with Crippen LogP contribution in [0.3, 0.4) is 0 Å². The average molecular weight is 292 g/mol. The summed E-state index contributed by atoms with van der Waals surface area (Å²) in [5.74, 6) is -0.146. The van der Waals surface area contributed by atoms with Gasteiger partial charge in [-0.25, -0.2) is 0 Å². The maximum atomic E-state index is 11.9. The third-order valence-electron chi connectivity index (χ3n) is 2.62. The van der Waals surface area contributed by atoms with Gasteiger partial charge >= 0.3 is 0 Å². The van der Waals surface area contributed by atoms with Crippen LogP contribution >= 0.6 is 11.3 Å². The minimum atomic E-state index is -0.806. The number of carbonyl (C=O) groups excluding carboxylic acids is 1. The van der Waals surface area contributed by atoms with E-state index < -0.39 is 6.10 Å². The summed E-state index contributed by atoms with van der Waals surface area (Å²) in [5.41, 5.74) is 1.44. The molecule has 4 N–H and O–H groups in total. The van der Waals surface area contributed by atoms with Crippen molar-refractivity contribution < 1.29 is 15.0 Å². The molecule has 0 saturated carbocycles. The Morgan fingerprint density at radius 2 is 2.05 bits per heavy atom. The first-order valence-corrected chi connectivity index (χ1v) is 7.04. The van der Waals surface area contributed by atoms with E-state index in [4.69, 9.17) is 5.11 Å². The first kappa shape index (κ1) is 14.5. The number of hydrogen-bond acceptors (Lipinski definition) is 5. The summed E-state index contributed by atoms with van der Waals surface area (Å²) in [4.78, 5) is 12.6. The fourth-order valence-corrected chi connectivity index (χ4v) is 2.23. The quantitative estimate of drug-likeness (QED) is 0.654. The summed E-state index contributed by atoms with van der Waals surface area (Å²) >= 11 is 1.38. The van der Waals surface area contributed by atoms with E-state index in [-0.39, 0.29) is 19.1 Å². The van der Waals surface area contributed by atoms with Crippen molar-refractivity contribution in [2.75, 3.05) is 23.8 Å². The highest BCUT2D eigenvalue weighted by atomic mass is 32.1. The number of benzene rings is 1. The van der Waals surface area contributed by atoms with Gasteiger partial charge in [0.15, 0.2) is 0 Å². The van der Waals surface area contributed by atoms with Crippen LogP contribution in [0.25, 0.3) is 0 Å². The van der Waals surface area contributed by atoms with Gasteiger partial charge in [0.2, 0.25) is 0 Å². The van der Waals surface area contributed by atoms with Crippen molar-refractivity contribution in [1.29, 1.82) is 0 Å². The highest BCUT2D eigenvalue weighted by Crippen LogP contribution is 2.17. The molecule has 0 spiro atoms. The van der Waals surface area contributed by atoms with E-state index >= 15 is 0 Å². The summed E-state index contributed by atoms with van der Waals surface area (Å²) in [6, 6.07) is 10.8. The van der Waals surface area contributed by atoms with Crippen molar-refractivity contribution in [3.05, 3.63) is 46.7 Å². The van der Waals surface area contributed by atoms with Crippen molar-refractivity contribution in [2.24, 2.45) is 0 Å². The lowest BCUT2D eigenvalue weighted by atomic mass is 10.2. The van der Waals surface area contributed by atoms with E-state index in [1.165, 1.54) is 11.3 Å². The molecule has 1 atom stereocenters. The molecule has 20 heavy (non-hydrogen) atoms. The Kier molecular flexibility index (Phi) is 5.11. The lowest BCUT2D eigenvalue weighted by Gasteiger charge is -2.11. The number of aliphatic hydroxyl groups is 2. The number of hydrogen-bond donors (Lipinski definition) is 4. The first-order chi connectivity index (χ1) is 9.69. The Morgan fingerprint density at radius 3 is 2.75 bits per heavy atom. The van der Waals surface area contributed by atoms with Crippen molar-refractivity contribution in [2.45, 2.75) is 6.10 Å². The van der Waals surface area contributed by atoms with Crippen molar-refractivity contribution in [3.8, 4) is 0 Å². The van der Waals surface area contributed by atoms with E-state index in [1.807, 2.05) is 17.5 Å². The molecule has 6 heteroatoms. The van der Waals surface area contributed by atoms with E-state index in [2.05, 4.69) is 10.6 Å². The molecule has 0 bridgehead atoms. The van der Waals surface area contributed by atoms with Crippen molar-refractivity contribution >= 4 is 28.6 Å². The molecule has 0 aliphatic carbocycles. The van der Waals surface area contributed by atoms with E-state index in [1.54, 1.807) is 24.3 Å². The zero-order valence-electron chi connectivity index (χ0n) is 10.7. The second-order valence-corrected chi connectivity index (χ2v) is 5.18. The number of thiophene rings is 1. The van der Waals surface area contributed by atoms with Crippen LogP contribution in [0.2, 0.25) is 0 Å². The second kappa shape index (κ2) is 7.04. The lowest BCUT2D eigenvalue weighted by molar-refractivity contribution is 0.103. The van der Waals surface area contributed by atoms with Crippen LogP contribution in [0, 0.1) is 0 Å². The van der Waals surface area contributed by atoms with Crippen LogP contribution in [0.4, 0.5) is 11.4 Å². The number of amides is 1. The number of anilines is 2. The summed E-state index contributed by atoms with van der Waals surface area (Å²) in [6.07, 6.45) is -0.806. The molecule has 106 valence electrons. The van der Waals surface area contributed by atoms with Gasteiger partial charge < -0.3 is 20.8 Å². The fourth-order valence-electron chi connectivity index (χ4n) is 1.61. The fraction of sp³-hybridized carbons (Fsp3) is 0.214. The van der Waals surface area contributed by atoms with Crippen LogP contribution < -0.4 is 10.6 Å². The minimum absolute atomic E-state index is 0.146. The number of aliphatic hydroxyl groups excluding tert-OH is 2. The summed E-state index contributed by atoms with van der Waals surface area (Å²) < 4.78 is 0. The van der Waals surface area contributed by atoms with Crippen LogP contribution in [-0.2, 0) is 0 Å². The van der Waals surface area contributed by atoms with Crippen LogP contribution in [-0.4, -0.2) is 35.4 Å². The third-order valence-corrected chi connectivity index (χ3v) is 3.49. The zero-order valence-corrected chi connectivity index (χ0v) is 11.6. The molecule has 0 aliphatic rings. The van der Waals surface area contributed by atoms with Crippen LogP contribution in [0.15, 0.2) is 41.8 Å². The zero-order chi connectivity index (χ0) is 14.4. The van der Waals surface area contributed by atoms with Gasteiger partial charge in [-0.05, 0) is 29.6 Å². The molecule has 2 rings (SSSR count). The van der Waals surface area contributed by atoms with Gasteiger partial charge in [0, 0.05) is 17.9 Å². The molecule has 0 aliphatic heterocycles. The molecule has 1 amide bonds. The molecule has 1 aromatic carbocycles. The predicted molar refractivity (Wildman–Crippen MR) is 80.3 cm³/mol. The predicted octanol–water partition coefficient (Wildman–Crippen LogP) is 1.77. The Bertz CT molecular complexity index is 557. The standard InChI is InChI=1S/C14H16N2O3S/c17-9-12(18)8-15-10-3-1-4-11(7-10)16-14(19)13-5-2-6-20-13/h1-7,12,15,17-18H,8-9H2,(H,16,19). The van der Waals surface area contributed by atoms with E-state index in [0.717, 1.165) is 5.69 Å². The first-order valence-electron chi connectivity index (χ1n) is 6.17. The van der Waals surface area contributed by atoms with Gasteiger partial charge in [-0.15, -0.1) is 11.3 Å². The maximum Gasteiger partial charge on any atom is 0.265 e. The van der Waals surface area contributed by atoms with Gasteiger partial charge in [-0.3, -0.25) is 4.79 Å². The maximum absolute atomic E-state index is 11.9. The molecule has 5 nitrogen and oxygen atoms in total. The normalized spacial score (nSPS) is 11.9. The van der Waals surface area contributed by atoms with Gasteiger partial charge in [0.1, 0.15) is 0 Å². The largest absolute Gasteiger partial charge is 0.394 e. The molecule has 2 aromatic rings. The number of carbonyl (C=O) groups is 1. The summed E-state index contributed by atoms with van der Waals surface area (Å²) in [6.45, 7) is -0.0410. The summed E-state index contributed by atoms with van der Waals surface area (Å²) in [7, 11) is 0. The van der Waals surface area contributed by atoms with Gasteiger partial charge in [0.25, 0.3) is 5.91 Å². The molecule has 1 aromatic heterocycles. The second-order valence-electron chi connectivity index (χ2n) is 4.23. The van der Waals surface area contributed by atoms with Crippen LogP contribution in [0.5, 0.6) is 0 Å². The topological polar surface area (TPSA) is 81.6 Å². The van der Waals surface area contributed by atoms with Crippen LogP contribution in [0.1, 0.15) is 9.67 Å². The SMILES string of the molecule is O=C(Nc1cccc(NCC(O)CO)c1)c1cccs1. The highest BCUT2D eigenvalue weighted by Gasteiger charge is 2.07. The number of nitrogens with one attached hydrogen (secondary N) is 2. The molecular weight excluding hydrogens is 276 g/mol. The lowest BCUT2D eigenvalue weighted by Crippen LogP contribution is -2.23. The average Bonchev–Trinajstić information content (AvgIpc) is 2.99. The Hall–Kier alpha value is -1.89. The smallest absolute Gasteiger partial charge is 0.265 e. The Labute approximate surface area is 120 Å². The highest BCUT2D eigenvalue weighted by molar-refractivity contribution is 7.12. The molecule has 1 unspecified atom stereocenters.